The zero-order valence-electron chi connectivity index (χ0n) is 15.5. The van der Waals surface area contributed by atoms with Crippen molar-refractivity contribution in [3.63, 3.8) is 0 Å². The van der Waals surface area contributed by atoms with E-state index in [0.29, 0.717) is 19.4 Å². The third kappa shape index (κ3) is 6.22. The van der Waals surface area contributed by atoms with Crippen LogP contribution >= 0.6 is 11.3 Å². The molecule has 3 aromatic rings. The number of rotatable bonds is 9. The Hall–Kier alpha value is -2.66. The van der Waals surface area contributed by atoms with Crippen LogP contribution in [0.4, 0.5) is 0 Å². The van der Waals surface area contributed by atoms with Gasteiger partial charge in [-0.05, 0) is 29.7 Å². The lowest BCUT2D eigenvalue weighted by Crippen LogP contribution is -2.25. The number of hydrogen-bond donors (Lipinski definition) is 1. The van der Waals surface area contributed by atoms with E-state index in [9.17, 15) is 4.79 Å². The number of carbonyl (C=O) groups excluding carboxylic acids is 1. The van der Waals surface area contributed by atoms with E-state index in [1.165, 1.54) is 10.4 Å². The molecular formula is C22H24N2O2S. The smallest absolute Gasteiger partial charge is 0.220 e. The summed E-state index contributed by atoms with van der Waals surface area (Å²) in [5, 5.41) is 4.05. The Bertz CT molecular complexity index is 862. The fourth-order valence-corrected chi connectivity index (χ4v) is 3.78. The first kappa shape index (κ1) is 19.1. The number of amides is 1. The Morgan fingerprint density at radius 2 is 1.89 bits per heavy atom. The quantitative estimate of drug-likeness (QED) is 0.610. The first-order chi connectivity index (χ1) is 13.2. The number of ether oxygens (including phenoxy) is 1. The maximum atomic E-state index is 12.0. The summed E-state index contributed by atoms with van der Waals surface area (Å²) in [6.07, 6.45) is 4.80. The van der Waals surface area contributed by atoms with Crippen LogP contribution in [0.15, 0.2) is 60.8 Å². The van der Waals surface area contributed by atoms with Crippen molar-refractivity contribution in [3.8, 4) is 5.75 Å². The minimum Gasteiger partial charge on any atom is -0.497 e. The zero-order chi connectivity index (χ0) is 18.9. The second-order valence-electron chi connectivity index (χ2n) is 6.33. The van der Waals surface area contributed by atoms with E-state index in [1.54, 1.807) is 18.4 Å². The molecule has 0 aliphatic carbocycles. The van der Waals surface area contributed by atoms with Crippen LogP contribution < -0.4 is 10.1 Å². The Labute approximate surface area is 164 Å². The largest absolute Gasteiger partial charge is 0.497 e. The van der Waals surface area contributed by atoms with Crippen LogP contribution in [-0.4, -0.2) is 24.5 Å². The van der Waals surface area contributed by atoms with Crippen molar-refractivity contribution in [1.29, 1.82) is 0 Å². The number of nitrogens with zero attached hydrogens (tertiary/aromatic N) is 1. The van der Waals surface area contributed by atoms with Gasteiger partial charge in [-0.2, -0.15) is 0 Å². The van der Waals surface area contributed by atoms with Gasteiger partial charge in [0.05, 0.1) is 12.1 Å². The highest BCUT2D eigenvalue weighted by atomic mass is 32.1. The third-order valence-corrected chi connectivity index (χ3v) is 5.32. The molecule has 1 N–H and O–H groups in total. The lowest BCUT2D eigenvalue weighted by molar-refractivity contribution is -0.121. The van der Waals surface area contributed by atoms with Crippen LogP contribution in [0.1, 0.15) is 27.4 Å². The van der Waals surface area contributed by atoms with Gasteiger partial charge in [-0.15, -0.1) is 11.3 Å². The van der Waals surface area contributed by atoms with Gasteiger partial charge in [0.2, 0.25) is 5.91 Å². The summed E-state index contributed by atoms with van der Waals surface area (Å²) < 4.78 is 5.21. The Morgan fingerprint density at radius 1 is 1.07 bits per heavy atom. The summed E-state index contributed by atoms with van der Waals surface area (Å²) >= 11 is 1.72. The summed E-state index contributed by atoms with van der Waals surface area (Å²) in [5.74, 6) is 0.891. The van der Waals surface area contributed by atoms with Crippen LogP contribution in [0.5, 0.6) is 5.75 Å². The van der Waals surface area contributed by atoms with Crippen molar-refractivity contribution >= 4 is 17.2 Å². The monoisotopic (exact) mass is 380 g/mol. The molecule has 0 spiro atoms. The predicted molar refractivity (Wildman–Crippen MR) is 109 cm³/mol. The lowest BCUT2D eigenvalue weighted by Gasteiger charge is -2.06. The standard InChI is InChI=1S/C22H24N2O2S/c1-26-19-9-5-8-18(14-19)10-11-21(25)23-13-12-22-24-16-20(27-22)15-17-6-3-2-4-7-17/h2-9,14,16H,10-13,15H2,1H3,(H,23,25). The molecule has 0 radical (unpaired) electrons. The highest BCUT2D eigenvalue weighted by molar-refractivity contribution is 7.11. The predicted octanol–water partition coefficient (Wildman–Crippen LogP) is 4.03. The van der Waals surface area contributed by atoms with Gasteiger partial charge in [0.25, 0.3) is 0 Å². The van der Waals surface area contributed by atoms with Crippen molar-refractivity contribution in [3.05, 3.63) is 81.8 Å². The van der Waals surface area contributed by atoms with Gasteiger partial charge in [0, 0.05) is 36.9 Å². The van der Waals surface area contributed by atoms with Crippen molar-refractivity contribution in [2.45, 2.75) is 25.7 Å². The van der Waals surface area contributed by atoms with Gasteiger partial charge in [-0.1, -0.05) is 42.5 Å². The van der Waals surface area contributed by atoms with E-state index in [4.69, 9.17) is 4.74 Å². The van der Waals surface area contributed by atoms with Gasteiger partial charge in [-0.25, -0.2) is 4.98 Å². The van der Waals surface area contributed by atoms with E-state index in [0.717, 1.165) is 29.2 Å². The molecule has 0 saturated heterocycles. The van der Waals surface area contributed by atoms with E-state index >= 15 is 0 Å². The maximum Gasteiger partial charge on any atom is 0.220 e. The second-order valence-corrected chi connectivity index (χ2v) is 7.53. The van der Waals surface area contributed by atoms with Gasteiger partial charge >= 0.3 is 0 Å². The zero-order valence-corrected chi connectivity index (χ0v) is 16.3. The molecule has 1 heterocycles. The normalized spacial score (nSPS) is 10.6. The molecule has 0 aliphatic heterocycles. The Morgan fingerprint density at radius 3 is 2.70 bits per heavy atom. The first-order valence-corrected chi connectivity index (χ1v) is 9.92. The summed E-state index contributed by atoms with van der Waals surface area (Å²) in [7, 11) is 1.65. The van der Waals surface area contributed by atoms with Gasteiger partial charge in [-0.3, -0.25) is 4.79 Å². The molecule has 0 aliphatic rings. The van der Waals surface area contributed by atoms with Crippen LogP contribution in [0, 0.1) is 0 Å². The van der Waals surface area contributed by atoms with Crippen LogP contribution in [0.2, 0.25) is 0 Å². The van der Waals surface area contributed by atoms with Crippen molar-refractivity contribution < 1.29 is 9.53 Å². The molecule has 0 atom stereocenters. The van der Waals surface area contributed by atoms with Gasteiger partial charge < -0.3 is 10.1 Å². The Balaban J connectivity index is 1.38. The van der Waals surface area contributed by atoms with Crippen LogP contribution in [-0.2, 0) is 24.1 Å². The molecule has 1 amide bonds. The molecule has 2 aromatic carbocycles. The SMILES string of the molecule is COc1cccc(CCC(=O)NCCc2ncc(Cc3ccccc3)s2)c1. The van der Waals surface area contributed by atoms with Crippen LogP contribution in [0.3, 0.4) is 0 Å². The molecule has 0 fully saturated rings. The van der Waals surface area contributed by atoms with Crippen molar-refractivity contribution in [1.82, 2.24) is 10.3 Å². The topological polar surface area (TPSA) is 51.2 Å². The summed E-state index contributed by atoms with van der Waals surface area (Å²) in [5.41, 5.74) is 2.40. The molecular weight excluding hydrogens is 356 g/mol. The van der Waals surface area contributed by atoms with Gasteiger partial charge in [0.15, 0.2) is 0 Å². The molecule has 3 rings (SSSR count). The number of aryl methyl sites for hydroxylation is 1. The molecule has 27 heavy (non-hydrogen) atoms. The molecule has 4 nitrogen and oxygen atoms in total. The van der Waals surface area contributed by atoms with Crippen molar-refractivity contribution in [2.24, 2.45) is 0 Å². The molecule has 0 unspecified atom stereocenters. The van der Waals surface area contributed by atoms with Crippen molar-refractivity contribution in [2.75, 3.05) is 13.7 Å². The summed E-state index contributed by atoms with van der Waals surface area (Å²) in [6.45, 7) is 0.620. The minimum absolute atomic E-state index is 0.0684. The first-order valence-electron chi connectivity index (χ1n) is 9.10. The molecule has 0 bridgehead atoms. The second kappa shape index (κ2) is 9.88. The van der Waals surface area contributed by atoms with Gasteiger partial charge in [0.1, 0.15) is 5.75 Å². The average Bonchev–Trinajstić information content (AvgIpc) is 3.14. The number of aromatic nitrogens is 1. The molecule has 0 saturated carbocycles. The van der Waals surface area contributed by atoms with E-state index in [2.05, 4.69) is 34.6 Å². The summed E-state index contributed by atoms with van der Waals surface area (Å²) in [6, 6.07) is 18.2. The molecule has 140 valence electrons. The van der Waals surface area contributed by atoms with E-state index in [-0.39, 0.29) is 5.91 Å². The van der Waals surface area contributed by atoms with E-state index in [1.807, 2.05) is 36.5 Å². The maximum absolute atomic E-state index is 12.0. The minimum atomic E-state index is 0.0684. The molecule has 1 aromatic heterocycles. The number of nitrogens with one attached hydrogen (secondary N) is 1. The number of thiazole rings is 1. The number of carbonyl (C=O) groups is 1. The third-order valence-electron chi connectivity index (χ3n) is 4.26. The molecule has 5 heteroatoms. The number of methoxy groups -OCH3 is 1. The Kier molecular flexibility index (Phi) is 6.99. The summed E-state index contributed by atoms with van der Waals surface area (Å²) in [4.78, 5) is 17.8. The number of benzene rings is 2. The number of hydrogen-bond acceptors (Lipinski definition) is 4. The fraction of sp³-hybridized carbons (Fsp3) is 0.273. The lowest BCUT2D eigenvalue weighted by atomic mass is 10.1. The highest BCUT2D eigenvalue weighted by Gasteiger charge is 2.06. The highest BCUT2D eigenvalue weighted by Crippen LogP contribution is 2.17. The van der Waals surface area contributed by atoms with Crippen LogP contribution in [0.25, 0.3) is 0 Å². The fourth-order valence-electron chi connectivity index (χ4n) is 2.83. The van der Waals surface area contributed by atoms with E-state index < -0.39 is 0 Å². The average molecular weight is 381 g/mol.